The molecule has 2 aliphatic rings. The Kier molecular flexibility index (Phi) is 2.70. The molecule has 1 unspecified atom stereocenters. The maximum absolute atomic E-state index is 10.6. The third kappa shape index (κ3) is 1.89. The molecule has 1 N–H and O–H groups in total. The van der Waals surface area contributed by atoms with E-state index in [-0.39, 0.29) is 11.8 Å². The molecule has 1 saturated carbocycles. The molecular formula is C10H15NO3. The van der Waals surface area contributed by atoms with Crippen LogP contribution in [0.1, 0.15) is 38.5 Å². The largest absolute Gasteiger partial charge is 0.477 e. The first-order valence-corrected chi connectivity index (χ1v) is 5.23. The van der Waals surface area contributed by atoms with E-state index in [0.717, 1.165) is 12.8 Å². The van der Waals surface area contributed by atoms with Gasteiger partial charge in [0.05, 0.1) is 0 Å². The van der Waals surface area contributed by atoms with E-state index in [9.17, 15) is 4.79 Å². The smallest absolute Gasteiger partial charge is 0.353 e. The average molecular weight is 197 g/mol. The molecule has 1 atom stereocenters. The van der Waals surface area contributed by atoms with Crippen molar-refractivity contribution in [1.29, 1.82) is 0 Å². The number of rotatable bonds is 2. The van der Waals surface area contributed by atoms with Crippen LogP contribution in [-0.4, -0.2) is 22.9 Å². The lowest BCUT2D eigenvalue weighted by atomic mass is 9.84. The Hall–Kier alpha value is -1.06. The fourth-order valence-corrected chi connectivity index (χ4v) is 2.28. The van der Waals surface area contributed by atoms with E-state index in [1.165, 1.54) is 19.3 Å². The molecule has 1 aliphatic heterocycles. The van der Waals surface area contributed by atoms with Gasteiger partial charge in [-0.2, -0.15) is 0 Å². The second-order valence-corrected chi connectivity index (χ2v) is 4.09. The van der Waals surface area contributed by atoms with Gasteiger partial charge < -0.3 is 9.94 Å². The van der Waals surface area contributed by atoms with Gasteiger partial charge in [-0.05, 0) is 18.8 Å². The Labute approximate surface area is 82.9 Å². The van der Waals surface area contributed by atoms with E-state index in [0.29, 0.717) is 12.3 Å². The highest BCUT2D eigenvalue weighted by atomic mass is 16.6. The van der Waals surface area contributed by atoms with E-state index < -0.39 is 5.97 Å². The predicted octanol–water partition coefficient (Wildman–Crippen LogP) is 1.80. The van der Waals surface area contributed by atoms with Gasteiger partial charge in [-0.15, -0.1) is 0 Å². The standard InChI is InChI=1S/C10H15NO3/c12-10(13)8-6-9(14-11-8)7-4-2-1-3-5-7/h7,9H,1-6H2,(H,12,13). The van der Waals surface area contributed by atoms with Crippen LogP contribution in [0.2, 0.25) is 0 Å². The molecule has 1 fully saturated rings. The summed E-state index contributed by atoms with van der Waals surface area (Å²) in [5.41, 5.74) is 0.181. The molecule has 78 valence electrons. The molecular weight excluding hydrogens is 182 g/mol. The van der Waals surface area contributed by atoms with Crippen molar-refractivity contribution in [2.24, 2.45) is 11.1 Å². The van der Waals surface area contributed by atoms with Gasteiger partial charge in [0.15, 0.2) is 5.71 Å². The minimum atomic E-state index is -0.941. The molecule has 0 aromatic rings. The van der Waals surface area contributed by atoms with E-state index in [1.54, 1.807) is 0 Å². The van der Waals surface area contributed by atoms with Crippen molar-refractivity contribution in [1.82, 2.24) is 0 Å². The van der Waals surface area contributed by atoms with Gasteiger partial charge >= 0.3 is 5.97 Å². The highest BCUT2D eigenvalue weighted by Crippen LogP contribution is 2.31. The Morgan fingerprint density at radius 3 is 2.64 bits per heavy atom. The summed E-state index contributed by atoms with van der Waals surface area (Å²) in [5.74, 6) is -0.423. The van der Waals surface area contributed by atoms with Crippen LogP contribution in [0.15, 0.2) is 5.16 Å². The fraction of sp³-hybridized carbons (Fsp3) is 0.800. The van der Waals surface area contributed by atoms with E-state index in [1.807, 2.05) is 0 Å². The molecule has 4 nitrogen and oxygen atoms in total. The highest BCUT2D eigenvalue weighted by Gasteiger charge is 2.32. The zero-order valence-electron chi connectivity index (χ0n) is 8.11. The zero-order chi connectivity index (χ0) is 9.97. The van der Waals surface area contributed by atoms with Crippen LogP contribution in [-0.2, 0) is 9.63 Å². The topological polar surface area (TPSA) is 58.9 Å². The molecule has 0 aromatic heterocycles. The Bertz CT molecular complexity index is 256. The van der Waals surface area contributed by atoms with Gasteiger partial charge in [-0.1, -0.05) is 24.4 Å². The first kappa shape index (κ1) is 9.49. The molecule has 1 heterocycles. The number of aliphatic carboxylic acids is 1. The molecule has 0 spiro atoms. The van der Waals surface area contributed by atoms with Crippen molar-refractivity contribution in [2.75, 3.05) is 0 Å². The van der Waals surface area contributed by atoms with Crippen LogP contribution < -0.4 is 0 Å². The maximum atomic E-state index is 10.6. The summed E-state index contributed by atoms with van der Waals surface area (Å²) in [5, 5.41) is 12.3. The van der Waals surface area contributed by atoms with Crippen molar-refractivity contribution >= 4 is 11.7 Å². The van der Waals surface area contributed by atoms with Crippen LogP contribution >= 0.6 is 0 Å². The highest BCUT2D eigenvalue weighted by molar-refractivity contribution is 6.35. The third-order valence-corrected chi connectivity index (χ3v) is 3.12. The SMILES string of the molecule is O=C(O)C1=NOC(C2CCCCC2)C1. The quantitative estimate of drug-likeness (QED) is 0.734. The lowest BCUT2D eigenvalue weighted by molar-refractivity contribution is -0.129. The second kappa shape index (κ2) is 3.98. The monoisotopic (exact) mass is 197 g/mol. The van der Waals surface area contributed by atoms with Crippen molar-refractivity contribution in [3.05, 3.63) is 0 Å². The van der Waals surface area contributed by atoms with Crippen LogP contribution in [0.4, 0.5) is 0 Å². The number of carboxylic acids is 1. The van der Waals surface area contributed by atoms with Crippen LogP contribution in [0.25, 0.3) is 0 Å². The fourth-order valence-electron chi connectivity index (χ4n) is 2.28. The maximum Gasteiger partial charge on any atom is 0.353 e. The summed E-state index contributed by atoms with van der Waals surface area (Å²) in [6, 6.07) is 0. The summed E-state index contributed by atoms with van der Waals surface area (Å²) in [6.07, 6.45) is 6.62. The van der Waals surface area contributed by atoms with E-state index in [4.69, 9.17) is 9.94 Å². The number of carboxylic acid groups (broad SMARTS) is 1. The van der Waals surface area contributed by atoms with Gasteiger partial charge in [0.1, 0.15) is 6.10 Å². The summed E-state index contributed by atoms with van der Waals surface area (Å²) < 4.78 is 0. The normalized spacial score (nSPS) is 28.3. The van der Waals surface area contributed by atoms with Crippen molar-refractivity contribution in [2.45, 2.75) is 44.6 Å². The van der Waals surface area contributed by atoms with Crippen LogP contribution in [0.3, 0.4) is 0 Å². The molecule has 2 rings (SSSR count). The van der Waals surface area contributed by atoms with E-state index in [2.05, 4.69) is 5.16 Å². The van der Waals surface area contributed by atoms with Crippen molar-refractivity contribution in [3.8, 4) is 0 Å². The number of hydrogen-bond donors (Lipinski definition) is 1. The van der Waals surface area contributed by atoms with Crippen LogP contribution in [0, 0.1) is 5.92 Å². The molecule has 0 amide bonds. The predicted molar refractivity (Wildman–Crippen MR) is 51.1 cm³/mol. The lowest BCUT2D eigenvalue weighted by Gasteiger charge is -2.25. The van der Waals surface area contributed by atoms with Gasteiger partial charge in [0.25, 0.3) is 0 Å². The van der Waals surface area contributed by atoms with Crippen molar-refractivity contribution < 1.29 is 14.7 Å². The number of hydrogen-bond acceptors (Lipinski definition) is 3. The Morgan fingerprint density at radius 2 is 2.07 bits per heavy atom. The molecule has 4 heteroatoms. The Morgan fingerprint density at radius 1 is 1.36 bits per heavy atom. The number of carbonyl (C=O) groups is 1. The summed E-state index contributed by atoms with van der Waals surface area (Å²) in [4.78, 5) is 15.8. The van der Waals surface area contributed by atoms with Gasteiger partial charge in [0.2, 0.25) is 0 Å². The molecule has 0 saturated heterocycles. The molecule has 0 aromatic carbocycles. The lowest BCUT2D eigenvalue weighted by Crippen LogP contribution is -2.24. The van der Waals surface area contributed by atoms with E-state index >= 15 is 0 Å². The molecule has 1 aliphatic carbocycles. The molecule has 14 heavy (non-hydrogen) atoms. The first-order chi connectivity index (χ1) is 6.77. The molecule has 0 radical (unpaired) electrons. The number of nitrogens with zero attached hydrogens (tertiary/aromatic N) is 1. The zero-order valence-corrected chi connectivity index (χ0v) is 8.11. The summed E-state index contributed by atoms with van der Waals surface area (Å²) >= 11 is 0. The van der Waals surface area contributed by atoms with Crippen LogP contribution in [0.5, 0.6) is 0 Å². The average Bonchev–Trinajstić information content (AvgIpc) is 2.68. The minimum Gasteiger partial charge on any atom is -0.477 e. The summed E-state index contributed by atoms with van der Waals surface area (Å²) in [6.45, 7) is 0. The van der Waals surface area contributed by atoms with Crippen molar-refractivity contribution in [3.63, 3.8) is 0 Å². The molecule has 0 bridgehead atoms. The second-order valence-electron chi connectivity index (χ2n) is 4.09. The third-order valence-electron chi connectivity index (χ3n) is 3.12. The van der Waals surface area contributed by atoms with Gasteiger partial charge in [-0.3, -0.25) is 0 Å². The Balaban J connectivity index is 1.87. The summed E-state index contributed by atoms with van der Waals surface area (Å²) in [7, 11) is 0. The van der Waals surface area contributed by atoms with Gasteiger partial charge in [0, 0.05) is 6.42 Å². The minimum absolute atomic E-state index is 0.0291. The first-order valence-electron chi connectivity index (χ1n) is 5.23. The van der Waals surface area contributed by atoms with Gasteiger partial charge in [-0.25, -0.2) is 4.79 Å². The number of oxime groups is 1.